The van der Waals surface area contributed by atoms with E-state index in [1.54, 1.807) is 12.1 Å². The summed E-state index contributed by atoms with van der Waals surface area (Å²) in [5, 5.41) is 18.3. The van der Waals surface area contributed by atoms with E-state index in [9.17, 15) is 5.11 Å². The fourth-order valence-electron chi connectivity index (χ4n) is 3.63. The molecule has 0 radical (unpaired) electrons. The maximum atomic E-state index is 10.1. The van der Waals surface area contributed by atoms with Gasteiger partial charge >= 0.3 is 0 Å². The highest BCUT2D eigenvalue weighted by Crippen LogP contribution is 2.29. The zero-order chi connectivity index (χ0) is 19.5. The molecule has 28 heavy (non-hydrogen) atoms. The molecule has 2 aromatic heterocycles. The molecule has 146 valence electrons. The van der Waals surface area contributed by atoms with Gasteiger partial charge in [-0.2, -0.15) is 0 Å². The van der Waals surface area contributed by atoms with Gasteiger partial charge in [-0.1, -0.05) is 17.3 Å². The topological polar surface area (TPSA) is 106 Å². The van der Waals surface area contributed by atoms with Crippen molar-refractivity contribution in [1.29, 1.82) is 0 Å². The maximum Gasteiger partial charge on any atom is 0.165 e. The van der Waals surface area contributed by atoms with Gasteiger partial charge in [-0.25, -0.2) is 9.97 Å². The molecule has 3 N–H and O–H groups in total. The minimum Gasteiger partial charge on any atom is -0.507 e. The van der Waals surface area contributed by atoms with Gasteiger partial charge in [-0.3, -0.25) is 4.68 Å². The van der Waals surface area contributed by atoms with Gasteiger partial charge in [0.1, 0.15) is 11.6 Å². The first-order chi connectivity index (χ1) is 13.6. The molecule has 8 heteroatoms. The Morgan fingerprint density at radius 2 is 1.96 bits per heavy atom. The van der Waals surface area contributed by atoms with E-state index < -0.39 is 0 Å². The third-order valence-electron chi connectivity index (χ3n) is 5.16. The Bertz CT molecular complexity index is 947. The van der Waals surface area contributed by atoms with Gasteiger partial charge in [-0.05, 0) is 37.8 Å². The van der Waals surface area contributed by atoms with Crippen LogP contribution < -0.4 is 10.6 Å². The quantitative estimate of drug-likeness (QED) is 0.699. The summed E-state index contributed by atoms with van der Waals surface area (Å²) in [6, 6.07) is 9.19. The number of benzene rings is 1. The van der Waals surface area contributed by atoms with Crippen molar-refractivity contribution in [2.24, 2.45) is 11.7 Å². The van der Waals surface area contributed by atoms with Gasteiger partial charge in [0.15, 0.2) is 5.82 Å². The molecule has 0 atom stereocenters. The van der Waals surface area contributed by atoms with Gasteiger partial charge in [0, 0.05) is 44.1 Å². The molecule has 1 saturated heterocycles. The predicted octanol–water partition coefficient (Wildman–Crippen LogP) is 2.12. The van der Waals surface area contributed by atoms with Gasteiger partial charge < -0.3 is 15.7 Å². The van der Waals surface area contributed by atoms with Crippen molar-refractivity contribution in [1.82, 2.24) is 25.0 Å². The van der Waals surface area contributed by atoms with E-state index in [0.717, 1.165) is 49.7 Å². The Kier molecular flexibility index (Phi) is 5.21. The molecule has 0 amide bonds. The normalized spacial score (nSPS) is 15.1. The summed E-state index contributed by atoms with van der Waals surface area (Å²) in [5.41, 5.74) is 7.98. The van der Waals surface area contributed by atoms with E-state index in [1.165, 1.54) is 0 Å². The molecule has 3 heterocycles. The van der Waals surface area contributed by atoms with E-state index in [-0.39, 0.29) is 5.75 Å². The SMILES string of the molecule is Cc1cc(N2CCC(Cn3cc(CN)nn3)CC2)nc(-c2ccccc2O)n1. The summed E-state index contributed by atoms with van der Waals surface area (Å²) in [5.74, 6) is 2.23. The number of aryl methyl sites for hydroxylation is 1. The first-order valence-electron chi connectivity index (χ1n) is 9.60. The number of aromatic nitrogens is 5. The lowest BCUT2D eigenvalue weighted by Crippen LogP contribution is -2.35. The number of hydrogen-bond donors (Lipinski definition) is 2. The molecule has 8 nitrogen and oxygen atoms in total. The van der Waals surface area contributed by atoms with Crippen LogP contribution in [0, 0.1) is 12.8 Å². The van der Waals surface area contributed by atoms with E-state index in [2.05, 4.69) is 20.2 Å². The molecular weight excluding hydrogens is 354 g/mol. The number of aromatic hydroxyl groups is 1. The lowest BCUT2D eigenvalue weighted by atomic mass is 9.97. The van der Waals surface area contributed by atoms with Crippen LogP contribution in [0.15, 0.2) is 36.5 Å². The van der Waals surface area contributed by atoms with E-state index >= 15 is 0 Å². The molecule has 1 fully saturated rings. The molecule has 1 aliphatic heterocycles. The smallest absolute Gasteiger partial charge is 0.165 e. The Hall–Kier alpha value is -3.00. The van der Waals surface area contributed by atoms with Crippen molar-refractivity contribution in [3.8, 4) is 17.1 Å². The first-order valence-corrected chi connectivity index (χ1v) is 9.60. The Morgan fingerprint density at radius 3 is 2.68 bits per heavy atom. The van der Waals surface area contributed by atoms with Gasteiger partial charge in [0.05, 0.1) is 11.3 Å². The van der Waals surface area contributed by atoms with E-state index in [1.807, 2.05) is 36.0 Å². The van der Waals surface area contributed by atoms with Crippen LogP contribution in [-0.4, -0.2) is 43.2 Å². The first kappa shape index (κ1) is 18.4. The molecule has 0 spiro atoms. The average Bonchev–Trinajstić information content (AvgIpc) is 3.16. The highest BCUT2D eigenvalue weighted by molar-refractivity contribution is 5.65. The van der Waals surface area contributed by atoms with Crippen LogP contribution in [0.25, 0.3) is 11.4 Å². The number of para-hydroxylation sites is 1. The van der Waals surface area contributed by atoms with Crippen molar-refractivity contribution in [2.75, 3.05) is 18.0 Å². The van der Waals surface area contributed by atoms with Crippen LogP contribution in [0.2, 0.25) is 0 Å². The Labute approximate surface area is 164 Å². The zero-order valence-electron chi connectivity index (χ0n) is 16.0. The van der Waals surface area contributed by atoms with Gasteiger partial charge in [0.2, 0.25) is 0 Å². The predicted molar refractivity (Wildman–Crippen MR) is 107 cm³/mol. The second-order valence-electron chi connectivity index (χ2n) is 7.27. The van der Waals surface area contributed by atoms with Crippen LogP contribution >= 0.6 is 0 Å². The van der Waals surface area contributed by atoms with Crippen LogP contribution in [0.4, 0.5) is 5.82 Å². The molecular formula is C20H25N7O. The molecule has 0 bridgehead atoms. The molecule has 1 aromatic carbocycles. The summed E-state index contributed by atoms with van der Waals surface area (Å²) < 4.78 is 1.90. The second kappa shape index (κ2) is 7.93. The largest absolute Gasteiger partial charge is 0.507 e. The van der Waals surface area contributed by atoms with Crippen molar-refractivity contribution in [3.05, 3.63) is 47.9 Å². The van der Waals surface area contributed by atoms with E-state index in [0.29, 0.717) is 23.9 Å². The summed E-state index contributed by atoms with van der Waals surface area (Å²) in [6.45, 7) is 5.11. The molecule has 0 aliphatic carbocycles. The highest BCUT2D eigenvalue weighted by atomic mass is 16.3. The molecule has 3 aromatic rings. The number of hydrogen-bond acceptors (Lipinski definition) is 7. The van der Waals surface area contributed by atoms with Crippen LogP contribution in [0.1, 0.15) is 24.2 Å². The third kappa shape index (κ3) is 3.96. The van der Waals surface area contributed by atoms with Gasteiger partial charge in [-0.15, -0.1) is 5.10 Å². The molecule has 4 rings (SSSR count). The fraction of sp³-hybridized carbons (Fsp3) is 0.400. The lowest BCUT2D eigenvalue weighted by molar-refractivity contribution is 0.338. The number of nitrogens with zero attached hydrogens (tertiary/aromatic N) is 6. The number of phenolic OH excluding ortho intramolecular Hbond substituents is 1. The van der Waals surface area contributed by atoms with Gasteiger partial charge in [0.25, 0.3) is 0 Å². The average molecular weight is 379 g/mol. The number of phenols is 1. The van der Waals surface area contributed by atoms with Crippen LogP contribution in [0.3, 0.4) is 0 Å². The van der Waals surface area contributed by atoms with Crippen LogP contribution in [-0.2, 0) is 13.1 Å². The number of piperidine rings is 1. The minimum atomic E-state index is 0.197. The number of nitrogens with two attached hydrogens (primary N) is 1. The second-order valence-corrected chi connectivity index (χ2v) is 7.27. The minimum absolute atomic E-state index is 0.197. The highest BCUT2D eigenvalue weighted by Gasteiger charge is 2.22. The number of anilines is 1. The third-order valence-corrected chi connectivity index (χ3v) is 5.16. The summed E-state index contributed by atoms with van der Waals surface area (Å²) in [4.78, 5) is 11.5. The fourth-order valence-corrected chi connectivity index (χ4v) is 3.63. The van der Waals surface area contributed by atoms with E-state index in [4.69, 9.17) is 10.7 Å². The van der Waals surface area contributed by atoms with Crippen molar-refractivity contribution >= 4 is 5.82 Å². The monoisotopic (exact) mass is 379 g/mol. The number of rotatable bonds is 5. The molecule has 0 saturated carbocycles. The summed E-state index contributed by atoms with van der Waals surface area (Å²) >= 11 is 0. The van der Waals surface area contributed by atoms with Crippen molar-refractivity contribution in [2.45, 2.75) is 32.9 Å². The van der Waals surface area contributed by atoms with Crippen LogP contribution in [0.5, 0.6) is 5.75 Å². The Balaban J connectivity index is 1.45. The van der Waals surface area contributed by atoms with Crippen molar-refractivity contribution < 1.29 is 5.11 Å². The summed E-state index contributed by atoms with van der Waals surface area (Å²) in [7, 11) is 0. The Morgan fingerprint density at radius 1 is 1.18 bits per heavy atom. The zero-order valence-corrected chi connectivity index (χ0v) is 16.0. The maximum absolute atomic E-state index is 10.1. The standard InChI is InChI=1S/C20H25N7O/c1-14-10-19(23-20(22-14)17-4-2-3-5-18(17)28)26-8-6-15(7-9-26)12-27-13-16(11-21)24-25-27/h2-5,10,13,15,28H,6-9,11-12,21H2,1H3. The molecule has 0 unspecified atom stereocenters. The lowest BCUT2D eigenvalue weighted by Gasteiger charge is -2.33. The molecule has 1 aliphatic rings. The van der Waals surface area contributed by atoms with Crippen molar-refractivity contribution in [3.63, 3.8) is 0 Å². The summed E-state index contributed by atoms with van der Waals surface area (Å²) in [6.07, 6.45) is 4.05.